The number of nitrogens with one attached hydrogen (secondary N) is 2. The Morgan fingerprint density at radius 1 is 1.09 bits per heavy atom. The van der Waals surface area contributed by atoms with Crippen LogP contribution < -0.4 is 14.9 Å². The largest absolute Gasteiger partial charge is 0.369 e. The molecule has 2 aromatic carbocycles. The van der Waals surface area contributed by atoms with Crippen LogP contribution in [0.25, 0.3) is 0 Å². The molecule has 0 unspecified atom stereocenters. The average Bonchev–Trinajstić information content (AvgIpc) is 3.21. The van der Waals surface area contributed by atoms with E-state index in [4.69, 9.17) is 0 Å². The van der Waals surface area contributed by atoms with Gasteiger partial charge in [0.25, 0.3) is 0 Å². The molecule has 184 valence electrons. The number of anilines is 1. The molecular weight excluding hydrogens is 453 g/mol. The molecule has 1 aliphatic heterocycles. The van der Waals surface area contributed by atoms with Gasteiger partial charge in [-0.1, -0.05) is 62.4 Å². The molecule has 2 N–H and O–H groups in total. The number of hydrogen-bond acceptors (Lipinski definition) is 4. The molecule has 1 amide bonds. The number of carbonyl (C=O) groups is 1. The lowest BCUT2D eigenvalue weighted by molar-refractivity contribution is -0.123. The van der Waals surface area contributed by atoms with Crippen molar-refractivity contribution in [2.24, 2.45) is 5.92 Å². The Morgan fingerprint density at radius 3 is 2.62 bits per heavy atom. The summed E-state index contributed by atoms with van der Waals surface area (Å²) in [6.45, 7) is 1.78. The summed E-state index contributed by atoms with van der Waals surface area (Å²) in [5.41, 5.74) is 2.67. The second kappa shape index (κ2) is 11.3. The fourth-order valence-corrected chi connectivity index (χ4v) is 6.48. The Bertz CT molecular complexity index is 1070. The van der Waals surface area contributed by atoms with E-state index in [0.29, 0.717) is 31.0 Å². The minimum absolute atomic E-state index is 0.149. The SMILES string of the molecule is O=C(NCCN1CCc2cc(F)ccc21)[C@H](CC1CCCCC1)NS(=O)(=O)Cc1ccccc1. The molecule has 34 heavy (non-hydrogen) atoms. The van der Waals surface area contributed by atoms with Crippen molar-refractivity contribution < 1.29 is 17.6 Å². The predicted molar refractivity (Wildman–Crippen MR) is 133 cm³/mol. The molecule has 1 saturated carbocycles. The van der Waals surface area contributed by atoms with Crippen LogP contribution in [0.3, 0.4) is 0 Å². The molecule has 0 radical (unpaired) electrons. The maximum atomic E-state index is 13.5. The first-order valence-electron chi connectivity index (χ1n) is 12.2. The number of rotatable bonds is 10. The Kier molecular flexibility index (Phi) is 8.21. The van der Waals surface area contributed by atoms with E-state index in [0.717, 1.165) is 49.9 Å². The van der Waals surface area contributed by atoms with Crippen LogP contribution in [0.15, 0.2) is 48.5 Å². The first kappa shape index (κ1) is 24.7. The summed E-state index contributed by atoms with van der Waals surface area (Å²) in [6.07, 6.45) is 6.83. The molecule has 4 rings (SSSR count). The molecule has 1 fully saturated rings. The molecule has 0 saturated heterocycles. The zero-order chi connectivity index (χ0) is 24.0. The minimum atomic E-state index is -3.67. The quantitative estimate of drug-likeness (QED) is 0.535. The number of fused-ring (bicyclic) bond motifs is 1. The van der Waals surface area contributed by atoms with Crippen LogP contribution in [-0.2, 0) is 27.0 Å². The van der Waals surface area contributed by atoms with Gasteiger partial charge < -0.3 is 10.2 Å². The lowest BCUT2D eigenvalue weighted by Gasteiger charge is -2.27. The highest BCUT2D eigenvalue weighted by molar-refractivity contribution is 7.88. The Morgan fingerprint density at radius 2 is 1.85 bits per heavy atom. The van der Waals surface area contributed by atoms with E-state index in [9.17, 15) is 17.6 Å². The zero-order valence-electron chi connectivity index (χ0n) is 19.5. The van der Waals surface area contributed by atoms with E-state index < -0.39 is 16.1 Å². The molecule has 1 aliphatic carbocycles. The van der Waals surface area contributed by atoms with Gasteiger partial charge in [0, 0.05) is 25.3 Å². The number of sulfonamides is 1. The number of nitrogens with zero attached hydrogens (tertiary/aromatic N) is 1. The summed E-state index contributed by atoms with van der Waals surface area (Å²) < 4.78 is 41.9. The van der Waals surface area contributed by atoms with E-state index in [1.807, 2.05) is 18.2 Å². The third-order valence-corrected chi connectivity index (χ3v) is 8.20. The summed E-state index contributed by atoms with van der Waals surface area (Å²) in [6, 6.07) is 13.0. The van der Waals surface area contributed by atoms with Gasteiger partial charge in [-0.3, -0.25) is 4.79 Å². The molecule has 8 heteroatoms. The van der Waals surface area contributed by atoms with Gasteiger partial charge in [-0.05, 0) is 48.1 Å². The Labute approximate surface area is 202 Å². The lowest BCUT2D eigenvalue weighted by Crippen LogP contribution is -2.49. The van der Waals surface area contributed by atoms with Crippen molar-refractivity contribution in [3.05, 3.63) is 65.5 Å². The Hall–Kier alpha value is -2.45. The Balaban J connectivity index is 1.36. The van der Waals surface area contributed by atoms with Crippen molar-refractivity contribution >= 4 is 21.6 Å². The van der Waals surface area contributed by atoms with Crippen LogP contribution in [0.2, 0.25) is 0 Å². The molecule has 1 heterocycles. The van der Waals surface area contributed by atoms with Crippen LogP contribution in [0.1, 0.15) is 49.7 Å². The van der Waals surface area contributed by atoms with Crippen LogP contribution in [0.4, 0.5) is 10.1 Å². The van der Waals surface area contributed by atoms with Gasteiger partial charge in [0.2, 0.25) is 15.9 Å². The first-order valence-corrected chi connectivity index (χ1v) is 13.9. The second-order valence-electron chi connectivity index (χ2n) is 9.46. The maximum Gasteiger partial charge on any atom is 0.238 e. The molecule has 6 nitrogen and oxygen atoms in total. The van der Waals surface area contributed by atoms with E-state index in [-0.39, 0.29) is 17.5 Å². The summed E-state index contributed by atoms with van der Waals surface area (Å²) in [5, 5.41) is 2.95. The molecule has 2 aromatic rings. The highest BCUT2D eigenvalue weighted by Crippen LogP contribution is 2.29. The topological polar surface area (TPSA) is 78.5 Å². The zero-order valence-corrected chi connectivity index (χ0v) is 20.3. The van der Waals surface area contributed by atoms with Gasteiger partial charge in [-0.15, -0.1) is 0 Å². The van der Waals surface area contributed by atoms with Crippen molar-refractivity contribution in [1.29, 1.82) is 0 Å². The van der Waals surface area contributed by atoms with Crippen molar-refractivity contribution in [1.82, 2.24) is 10.0 Å². The van der Waals surface area contributed by atoms with Crippen molar-refractivity contribution in [3.8, 4) is 0 Å². The standard InChI is InChI=1S/C26H34FN3O3S/c27-23-11-12-25-22(18-23)13-15-30(25)16-14-28-26(31)24(17-20-7-3-1-4-8-20)29-34(32,33)19-21-9-5-2-6-10-21/h2,5-6,9-12,18,20,24,29H,1,3-4,7-8,13-17,19H2,(H,28,31)/t24-/m0/s1. The minimum Gasteiger partial charge on any atom is -0.369 e. The molecule has 0 bridgehead atoms. The molecule has 2 aliphatic rings. The summed E-state index contributed by atoms with van der Waals surface area (Å²) in [4.78, 5) is 15.2. The number of hydrogen-bond donors (Lipinski definition) is 2. The van der Waals surface area contributed by atoms with Gasteiger partial charge in [-0.2, -0.15) is 0 Å². The number of benzene rings is 2. The summed E-state index contributed by atoms with van der Waals surface area (Å²) in [7, 11) is -3.67. The van der Waals surface area contributed by atoms with Gasteiger partial charge in [0.1, 0.15) is 11.9 Å². The fraction of sp³-hybridized carbons (Fsp3) is 0.500. The van der Waals surface area contributed by atoms with Gasteiger partial charge in [0.05, 0.1) is 5.75 Å². The maximum absolute atomic E-state index is 13.5. The lowest BCUT2D eigenvalue weighted by atomic mass is 9.85. The van der Waals surface area contributed by atoms with Crippen molar-refractivity contribution in [2.45, 2.75) is 56.7 Å². The van der Waals surface area contributed by atoms with Crippen LogP contribution in [-0.4, -0.2) is 40.0 Å². The second-order valence-corrected chi connectivity index (χ2v) is 11.2. The third kappa shape index (κ3) is 6.79. The molecule has 0 aromatic heterocycles. The van der Waals surface area contributed by atoms with Gasteiger partial charge in [0.15, 0.2) is 0 Å². The smallest absolute Gasteiger partial charge is 0.238 e. The van der Waals surface area contributed by atoms with E-state index in [1.165, 1.54) is 12.5 Å². The van der Waals surface area contributed by atoms with Crippen molar-refractivity contribution in [2.75, 3.05) is 24.5 Å². The summed E-state index contributed by atoms with van der Waals surface area (Å²) in [5.74, 6) is -0.309. The molecule has 1 atom stereocenters. The number of carbonyl (C=O) groups excluding carboxylic acids is 1. The number of halogens is 1. The van der Waals surface area contributed by atoms with Crippen LogP contribution >= 0.6 is 0 Å². The molecule has 0 spiro atoms. The van der Waals surface area contributed by atoms with Gasteiger partial charge in [-0.25, -0.2) is 17.5 Å². The third-order valence-electron chi connectivity index (χ3n) is 6.85. The van der Waals surface area contributed by atoms with E-state index >= 15 is 0 Å². The first-order chi connectivity index (χ1) is 16.4. The average molecular weight is 488 g/mol. The highest BCUT2D eigenvalue weighted by atomic mass is 32.2. The monoisotopic (exact) mass is 487 g/mol. The van der Waals surface area contributed by atoms with Crippen LogP contribution in [0, 0.1) is 11.7 Å². The fourth-order valence-electron chi connectivity index (χ4n) is 5.13. The predicted octanol–water partition coefficient (Wildman–Crippen LogP) is 3.76. The summed E-state index contributed by atoms with van der Waals surface area (Å²) >= 11 is 0. The molecular formula is C26H34FN3O3S. The normalized spacial score (nSPS) is 17.4. The van der Waals surface area contributed by atoms with E-state index in [2.05, 4.69) is 14.9 Å². The van der Waals surface area contributed by atoms with Gasteiger partial charge >= 0.3 is 0 Å². The van der Waals surface area contributed by atoms with E-state index in [1.54, 1.807) is 24.3 Å². The number of amides is 1. The van der Waals surface area contributed by atoms with Crippen LogP contribution in [0.5, 0.6) is 0 Å². The van der Waals surface area contributed by atoms with Crippen molar-refractivity contribution in [3.63, 3.8) is 0 Å². The highest BCUT2D eigenvalue weighted by Gasteiger charge is 2.28.